The monoisotopic (exact) mass is 255 g/mol. The molecule has 1 fully saturated rings. The maximum atomic E-state index is 10.9. The first-order valence-corrected chi connectivity index (χ1v) is 5.62. The first kappa shape index (κ1) is 10.7. The molecule has 1 N–H and O–H groups in total. The van der Waals surface area contributed by atoms with Crippen molar-refractivity contribution in [1.29, 1.82) is 0 Å². The number of aliphatic carboxylic acids is 1. The van der Waals surface area contributed by atoms with Crippen LogP contribution in [-0.2, 0) is 4.79 Å². The van der Waals surface area contributed by atoms with E-state index < -0.39 is 10.8 Å². The quantitative estimate of drug-likeness (QED) is 0.833. The molecule has 1 aliphatic heterocycles. The summed E-state index contributed by atoms with van der Waals surface area (Å²) in [6, 6.07) is 7.25. The molecule has 0 aromatic heterocycles. The van der Waals surface area contributed by atoms with Gasteiger partial charge in [-0.25, -0.2) is 0 Å². The van der Waals surface area contributed by atoms with E-state index in [0.717, 1.165) is 0 Å². The largest absolute Gasteiger partial charge is 0.480 e. The summed E-state index contributed by atoms with van der Waals surface area (Å²) in [6.07, 6.45) is 0.434. The lowest BCUT2D eigenvalue weighted by atomic mass is 10.3. The molecule has 1 aromatic rings. The van der Waals surface area contributed by atoms with Crippen LogP contribution in [0.15, 0.2) is 24.3 Å². The molecule has 0 spiro atoms. The Bertz CT molecular complexity index is 455. The number of rotatable bonds is 3. The van der Waals surface area contributed by atoms with E-state index >= 15 is 0 Å². The minimum atomic E-state index is -1.15. The summed E-state index contributed by atoms with van der Waals surface area (Å²) in [7, 11) is 0. The number of benzene rings is 1. The molecule has 0 bridgehead atoms. The number of carbonyl (C=O) groups is 1. The Morgan fingerprint density at radius 2 is 2.06 bits per heavy atom. The molecule has 2 atom stereocenters. The number of fused-ring (bicyclic) bond motifs is 1. The van der Waals surface area contributed by atoms with Gasteiger partial charge in [0.15, 0.2) is 11.5 Å². The summed E-state index contributed by atoms with van der Waals surface area (Å²) in [5.74, 6) is 0.115. The number of hydrogen-bond donors (Lipinski definition) is 1. The van der Waals surface area contributed by atoms with E-state index in [0.29, 0.717) is 24.5 Å². The molecule has 2 aliphatic rings. The number of alkyl halides is 1. The van der Waals surface area contributed by atoms with Crippen molar-refractivity contribution in [3.63, 3.8) is 0 Å². The van der Waals surface area contributed by atoms with Crippen LogP contribution in [-0.4, -0.2) is 27.7 Å². The van der Waals surface area contributed by atoms with Crippen molar-refractivity contribution >= 4 is 17.6 Å². The van der Waals surface area contributed by atoms with Gasteiger partial charge < -0.3 is 14.8 Å². The molecule has 1 aliphatic carbocycles. The van der Waals surface area contributed by atoms with Crippen LogP contribution < -0.4 is 9.68 Å². The van der Waals surface area contributed by atoms with E-state index in [1.807, 2.05) is 12.1 Å². The van der Waals surface area contributed by atoms with E-state index in [1.165, 1.54) is 5.23 Å². The second kappa shape index (κ2) is 3.51. The normalized spacial score (nSPS) is 30.3. The van der Waals surface area contributed by atoms with Gasteiger partial charge in [0.2, 0.25) is 0 Å². The highest BCUT2D eigenvalue weighted by atomic mass is 35.5. The molecule has 0 amide bonds. The van der Waals surface area contributed by atoms with Gasteiger partial charge in [-0.15, -0.1) is 11.6 Å². The van der Waals surface area contributed by atoms with Gasteiger partial charge in [0, 0.05) is 11.1 Å². The molecular formula is C11H10ClNO4. The van der Waals surface area contributed by atoms with Crippen molar-refractivity contribution in [2.24, 2.45) is 5.92 Å². The fourth-order valence-corrected chi connectivity index (χ4v) is 2.12. The zero-order valence-electron chi connectivity index (χ0n) is 8.80. The Kier molecular flexibility index (Phi) is 2.21. The summed E-state index contributed by atoms with van der Waals surface area (Å²) < 4.78 is 0. The van der Waals surface area contributed by atoms with E-state index in [1.54, 1.807) is 12.1 Å². The van der Waals surface area contributed by atoms with Gasteiger partial charge in [-0.2, -0.15) is 0 Å². The van der Waals surface area contributed by atoms with Crippen molar-refractivity contribution in [1.82, 2.24) is 5.23 Å². The van der Waals surface area contributed by atoms with Gasteiger partial charge in [-0.05, 0) is 18.6 Å². The van der Waals surface area contributed by atoms with Gasteiger partial charge >= 0.3 is 5.97 Å². The summed E-state index contributed by atoms with van der Waals surface area (Å²) >= 11 is 5.90. The topological polar surface area (TPSA) is 59.0 Å². The number of para-hydroxylation sites is 2. The van der Waals surface area contributed by atoms with Crippen LogP contribution in [0.1, 0.15) is 6.42 Å². The number of carboxylic acids is 1. The fourth-order valence-electron chi connectivity index (χ4n) is 1.86. The average Bonchev–Trinajstić information content (AvgIpc) is 2.78. The summed E-state index contributed by atoms with van der Waals surface area (Å²) in [5, 5.41) is 10.2. The van der Waals surface area contributed by atoms with E-state index in [4.69, 9.17) is 26.4 Å². The number of carboxylic acid groups (broad SMARTS) is 1. The SMILES string of the molecule is O=C(O)C1(Cl)CC1CN1Oc2ccccc2O1. The molecule has 0 radical (unpaired) electrons. The van der Waals surface area contributed by atoms with Crippen molar-refractivity contribution in [2.45, 2.75) is 11.3 Å². The van der Waals surface area contributed by atoms with Crippen LogP contribution in [0, 0.1) is 5.92 Å². The van der Waals surface area contributed by atoms with Crippen molar-refractivity contribution in [3.05, 3.63) is 24.3 Å². The number of hydroxylamine groups is 2. The second-order valence-corrected chi connectivity index (χ2v) is 4.89. The molecule has 3 rings (SSSR count). The van der Waals surface area contributed by atoms with Crippen LogP contribution in [0.4, 0.5) is 0 Å². The number of nitrogens with zero attached hydrogens (tertiary/aromatic N) is 1. The van der Waals surface area contributed by atoms with Gasteiger partial charge in [-0.1, -0.05) is 12.1 Å². The maximum absolute atomic E-state index is 10.9. The maximum Gasteiger partial charge on any atom is 0.325 e. The second-order valence-electron chi connectivity index (χ2n) is 4.21. The Labute approximate surface area is 102 Å². The Hall–Kier alpha value is -1.46. The lowest BCUT2D eigenvalue weighted by molar-refractivity contribution is -0.228. The summed E-state index contributed by atoms with van der Waals surface area (Å²) in [6.45, 7) is 0.338. The molecule has 90 valence electrons. The Morgan fingerprint density at radius 3 is 2.53 bits per heavy atom. The number of hydrogen-bond acceptors (Lipinski definition) is 4. The first-order chi connectivity index (χ1) is 8.09. The molecule has 1 heterocycles. The minimum Gasteiger partial charge on any atom is -0.480 e. The van der Waals surface area contributed by atoms with E-state index in [9.17, 15) is 4.79 Å². The van der Waals surface area contributed by atoms with Crippen molar-refractivity contribution in [2.75, 3.05) is 6.54 Å². The number of halogens is 1. The standard InChI is InChI=1S/C11H10ClNO4/c12-11(10(14)15)5-7(11)6-13-16-8-3-1-2-4-9(8)17-13/h1-4,7H,5-6H2,(H,14,15). The molecular weight excluding hydrogens is 246 g/mol. The van der Waals surface area contributed by atoms with Crippen molar-refractivity contribution < 1.29 is 19.6 Å². The van der Waals surface area contributed by atoms with Gasteiger partial charge in [0.05, 0.1) is 6.54 Å². The highest BCUT2D eigenvalue weighted by Gasteiger charge is 2.60. The molecule has 0 saturated heterocycles. The zero-order chi connectivity index (χ0) is 12.0. The van der Waals surface area contributed by atoms with Gasteiger partial charge in [0.1, 0.15) is 4.87 Å². The molecule has 1 aromatic carbocycles. The third kappa shape index (κ3) is 1.71. The fraction of sp³-hybridized carbons (Fsp3) is 0.364. The third-order valence-electron chi connectivity index (χ3n) is 3.00. The van der Waals surface area contributed by atoms with Crippen LogP contribution in [0.3, 0.4) is 0 Å². The third-order valence-corrected chi connectivity index (χ3v) is 3.63. The van der Waals surface area contributed by atoms with E-state index in [-0.39, 0.29) is 5.92 Å². The van der Waals surface area contributed by atoms with Gasteiger partial charge in [-0.3, -0.25) is 4.79 Å². The molecule has 6 heteroatoms. The molecule has 2 unspecified atom stereocenters. The minimum absolute atomic E-state index is 0.157. The predicted molar refractivity (Wildman–Crippen MR) is 58.7 cm³/mol. The van der Waals surface area contributed by atoms with Crippen LogP contribution in [0.5, 0.6) is 11.5 Å². The smallest absolute Gasteiger partial charge is 0.325 e. The summed E-state index contributed by atoms with van der Waals surface area (Å²) in [5.41, 5.74) is 0. The average molecular weight is 256 g/mol. The highest BCUT2D eigenvalue weighted by Crippen LogP contribution is 2.50. The molecule has 17 heavy (non-hydrogen) atoms. The van der Waals surface area contributed by atoms with Crippen LogP contribution in [0.2, 0.25) is 0 Å². The lowest BCUT2D eigenvalue weighted by Gasteiger charge is -2.12. The molecule has 5 nitrogen and oxygen atoms in total. The highest BCUT2D eigenvalue weighted by molar-refractivity contribution is 6.36. The van der Waals surface area contributed by atoms with Crippen molar-refractivity contribution in [3.8, 4) is 11.5 Å². The Balaban J connectivity index is 1.63. The Morgan fingerprint density at radius 1 is 1.47 bits per heavy atom. The predicted octanol–water partition coefficient (Wildman–Crippen LogP) is 1.67. The lowest BCUT2D eigenvalue weighted by Crippen LogP contribution is -2.31. The summed E-state index contributed by atoms with van der Waals surface area (Å²) in [4.78, 5) is 20.5. The van der Waals surface area contributed by atoms with Crippen LogP contribution in [0.25, 0.3) is 0 Å². The van der Waals surface area contributed by atoms with Gasteiger partial charge in [0.25, 0.3) is 0 Å². The van der Waals surface area contributed by atoms with Crippen LogP contribution >= 0.6 is 11.6 Å². The first-order valence-electron chi connectivity index (χ1n) is 5.24. The zero-order valence-corrected chi connectivity index (χ0v) is 9.55. The van der Waals surface area contributed by atoms with E-state index in [2.05, 4.69) is 0 Å². The molecule has 1 saturated carbocycles.